The Bertz CT molecular complexity index is 464. The molecule has 0 spiro atoms. The van der Waals surface area contributed by atoms with E-state index in [2.05, 4.69) is 28.7 Å². The van der Waals surface area contributed by atoms with Crippen LogP contribution in [-0.2, 0) is 0 Å². The Morgan fingerprint density at radius 3 is 2.69 bits per heavy atom. The molecule has 16 heavy (non-hydrogen) atoms. The third-order valence-corrected chi connectivity index (χ3v) is 3.63. The lowest BCUT2D eigenvalue weighted by Crippen LogP contribution is -2.18. The third-order valence-electron chi connectivity index (χ3n) is 2.54. The van der Waals surface area contributed by atoms with Crippen LogP contribution in [0.3, 0.4) is 0 Å². The number of aromatic nitrogens is 1. The summed E-state index contributed by atoms with van der Waals surface area (Å²) in [5.74, 6) is 0. The normalized spacial score (nSPS) is 12.7. The van der Waals surface area contributed by atoms with E-state index in [1.807, 2.05) is 19.2 Å². The van der Waals surface area contributed by atoms with E-state index in [9.17, 15) is 0 Å². The molecule has 0 saturated carbocycles. The van der Waals surface area contributed by atoms with Crippen molar-refractivity contribution in [1.29, 1.82) is 0 Å². The third kappa shape index (κ3) is 2.26. The number of rotatable bonds is 3. The Morgan fingerprint density at radius 2 is 2.19 bits per heavy atom. The van der Waals surface area contributed by atoms with E-state index in [1.165, 1.54) is 10.4 Å². The largest absolute Gasteiger partial charge is 0.308 e. The number of thiophene rings is 1. The Hall–Kier alpha value is -0.900. The number of pyridine rings is 1. The van der Waals surface area contributed by atoms with Crippen LogP contribution in [0.4, 0.5) is 0 Å². The minimum absolute atomic E-state index is 0.142. The monoisotopic (exact) mass is 252 g/mol. The zero-order valence-electron chi connectivity index (χ0n) is 9.20. The van der Waals surface area contributed by atoms with Crippen LogP contribution < -0.4 is 5.32 Å². The van der Waals surface area contributed by atoms with Gasteiger partial charge in [0.2, 0.25) is 0 Å². The van der Waals surface area contributed by atoms with Crippen molar-refractivity contribution in [2.75, 3.05) is 7.05 Å². The Balaban J connectivity index is 2.37. The average Bonchev–Trinajstić information content (AvgIpc) is 2.69. The van der Waals surface area contributed by atoms with Crippen LogP contribution in [0.2, 0.25) is 5.02 Å². The van der Waals surface area contributed by atoms with Gasteiger partial charge in [0.25, 0.3) is 0 Å². The molecule has 2 heterocycles. The fraction of sp³-hybridized carbons (Fsp3) is 0.250. The summed E-state index contributed by atoms with van der Waals surface area (Å²) in [5, 5.41) is 6.05. The van der Waals surface area contributed by atoms with Crippen molar-refractivity contribution in [3.05, 3.63) is 50.9 Å². The van der Waals surface area contributed by atoms with Crippen molar-refractivity contribution in [2.45, 2.75) is 13.0 Å². The molecular formula is C12H13ClN2S. The van der Waals surface area contributed by atoms with Gasteiger partial charge >= 0.3 is 0 Å². The molecular weight excluding hydrogens is 240 g/mol. The number of hydrogen-bond donors (Lipinski definition) is 1. The van der Waals surface area contributed by atoms with E-state index >= 15 is 0 Å². The number of hydrogen-bond acceptors (Lipinski definition) is 3. The fourth-order valence-electron chi connectivity index (χ4n) is 1.71. The van der Waals surface area contributed by atoms with E-state index < -0.39 is 0 Å². The summed E-state index contributed by atoms with van der Waals surface area (Å²) in [6.07, 6.45) is 1.68. The van der Waals surface area contributed by atoms with Crippen LogP contribution >= 0.6 is 22.9 Å². The lowest BCUT2D eigenvalue weighted by atomic mass is 10.0. The first kappa shape index (κ1) is 11.6. The van der Waals surface area contributed by atoms with Gasteiger partial charge in [0, 0.05) is 11.1 Å². The average molecular weight is 253 g/mol. The minimum atomic E-state index is 0.142. The molecule has 1 atom stereocenters. The van der Waals surface area contributed by atoms with Gasteiger partial charge < -0.3 is 5.32 Å². The summed E-state index contributed by atoms with van der Waals surface area (Å²) in [7, 11) is 1.94. The minimum Gasteiger partial charge on any atom is -0.308 e. The summed E-state index contributed by atoms with van der Waals surface area (Å²) < 4.78 is 0. The second-order valence-electron chi connectivity index (χ2n) is 3.56. The van der Waals surface area contributed by atoms with Gasteiger partial charge in [-0.25, -0.2) is 0 Å². The zero-order chi connectivity index (χ0) is 11.5. The van der Waals surface area contributed by atoms with Gasteiger partial charge in [0.15, 0.2) is 0 Å². The Kier molecular flexibility index (Phi) is 3.59. The molecule has 0 bridgehead atoms. The lowest BCUT2D eigenvalue weighted by Gasteiger charge is -2.15. The highest BCUT2D eigenvalue weighted by Gasteiger charge is 2.15. The maximum atomic E-state index is 5.83. The van der Waals surface area contributed by atoms with Crippen LogP contribution in [0.25, 0.3) is 0 Å². The predicted octanol–water partition coefficient (Wildman–Crippen LogP) is 3.41. The van der Waals surface area contributed by atoms with Gasteiger partial charge in [-0.05, 0) is 43.1 Å². The molecule has 0 aromatic carbocycles. The van der Waals surface area contributed by atoms with E-state index in [4.69, 9.17) is 11.6 Å². The van der Waals surface area contributed by atoms with Gasteiger partial charge in [-0.2, -0.15) is 0 Å². The van der Waals surface area contributed by atoms with Gasteiger partial charge in [0.05, 0.1) is 16.8 Å². The molecule has 84 valence electrons. The second-order valence-corrected chi connectivity index (χ2v) is 5.11. The van der Waals surface area contributed by atoms with Crippen molar-refractivity contribution in [2.24, 2.45) is 0 Å². The molecule has 2 aromatic rings. The van der Waals surface area contributed by atoms with Crippen molar-refractivity contribution >= 4 is 22.9 Å². The Morgan fingerprint density at radius 1 is 1.38 bits per heavy atom. The first-order valence-corrected chi connectivity index (χ1v) is 6.31. The van der Waals surface area contributed by atoms with E-state index in [0.717, 1.165) is 5.69 Å². The number of aryl methyl sites for hydroxylation is 1. The van der Waals surface area contributed by atoms with Crippen molar-refractivity contribution < 1.29 is 0 Å². The molecule has 0 aliphatic carbocycles. The first-order chi connectivity index (χ1) is 7.72. The maximum absolute atomic E-state index is 5.83. The number of nitrogens with one attached hydrogen (secondary N) is 1. The highest BCUT2D eigenvalue weighted by atomic mass is 35.5. The van der Waals surface area contributed by atoms with Gasteiger partial charge in [-0.1, -0.05) is 11.6 Å². The molecule has 0 amide bonds. The molecule has 0 aliphatic rings. The Labute approximate surface area is 104 Å². The molecule has 0 radical (unpaired) electrons. The molecule has 2 rings (SSSR count). The van der Waals surface area contributed by atoms with E-state index in [-0.39, 0.29) is 6.04 Å². The fourth-order valence-corrected chi connectivity index (χ4v) is 2.57. The van der Waals surface area contributed by atoms with Crippen LogP contribution in [0.1, 0.15) is 22.2 Å². The topological polar surface area (TPSA) is 24.9 Å². The van der Waals surface area contributed by atoms with E-state index in [1.54, 1.807) is 17.5 Å². The van der Waals surface area contributed by atoms with Crippen molar-refractivity contribution in [3.8, 4) is 0 Å². The molecule has 1 N–H and O–H groups in total. The molecule has 2 aromatic heterocycles. The van der Waals surface area contributed by atoms with Crippen molar-refractivity contribution in [1.82, 2.24) is 10.3 Å². The smallest absolute Gasteiger partial charge is 0.0759 e. The van der Waals surface area contributed by atoms with Crippen LogP contribution in [0, 0.1) is 6.92 Å². The number of nitrogens with zero attached hydrogens (tertiary/aromatic N) is 1. The van der Waals surface area contributed by atoms with Gasteiger partial charge in [-0.3, -0.25) is 4.98 Å². The first-order valence-electron chi connectivity index (χ1n) is 5.05. The zero-order valence-corrected chi connectivity index (χ0v) is 10.8. The highest BCUT2D eigenvalue weighted by Crippen LogP contribution is 2.27. The predicted molar refractivity (Wildman–Crippen MR) is 69.2 cm³/mol. The SMILES string of the molecule is CNC(c1ccc(Cl)cn1)c1ccsc1C. The quantitative estimate of drug-likeness (QED) is 0.906. The second kappa shape index (κ2) is 4.95. The molecule has 1 unspecified atom stereocenters. The lowest BCUT2D eigenvalue weighted by molar-refractivity contribution is 0.670. The summed E-state index contributed by atoms with van der Waals surface area (Å²) in [6.45, 7) is 2.13. The molecule has 0 saturated heterocycles. The highest BCUT2D eigenvalue weighted by molar-refractivity contribution is 7.10. The summed E-state index contributed by atoms with van der Waals surface area (Å²) in [5.41, 5.74) is 2.27. The van der Waals surface area contributed by atoms with Crippen LogP contribution in [0.15, 0.2) is 29.8 Å². The summed E-state index contributed by atoms with van der Waals surface area (Å²) in [4.78, 5) is 5.67. The molecule has 0 aliphatic heterocycles. The van der Waals surface area contributed by atoms with Crippen LogP contribution in [-0.4, -0.2) is 12.0 Å². The molecule has 4 heteroatoms. The number of halogens is 1. The van der Waals surface area contributed by atoms with Crippen molar-refractivity contribution in [3.63, 3.8) is 0 Å². The van der Waals surface area contributed by atoms with Gasteiger partial charge in [0.1, 0.15) is 0 Å². The molecule has 0 fully saturated rings. The van der Waals surface area contributed by atoms with E-state index in [0.29, 0.717) is 5.02 Å². The summed E-state index contributed by atoms with van der Waals surface area (Å²) >= 11 is 7.59. The van der Waals surface area contributed by atoms with Crippen LogP contribution in [0.5, 0.6) is 0 Å². The molecule has 2 nitrogen and oxygen atoms in total. The van der Waals surface area contributed by atoms with Gasteiger partial charge in [-0.15, -0.1) is 11.3 Å². The maximum Gasteiger partial charge on any atom is 0.0759 e. The summed E-state index contributed by atoms with van der Waals surface area (Å²) in [6, 6.07) is 6.11. The standard InChI is InChI=1S/C12H13ClN2S/c1-8-10(5-6-16-8)12(14-2)11-4-3-9(13)7-15-11/h3-7,12,14H,1-2H3.